The number of hydrogen-bond acceptors (Lipinski definition) is 4. The number of piperidine rings is 1. The molecule has 2 aliphatic heterocycles. The van der Waals surface area contributed by atoms with E-state index < -0.39 is 18.1 Å². The molecule has 7 nitrogen and oxygen atoms in total. The number of rotatable bonds is 5. The molecule has 2 aliphatic rings. The van der Waals surface area contributed by atoms with E-state index in [1.54, 1.807) is 16.7 Å². The highest BCUT2D eigenvalue weighted by molar-refractivity contribution is 5.88. The summed E-state index contributed by atoms with van der Waals surface area (Å²) in [4.78, 5) is 38.8. The third-order valence-corrected chi connectivity index (χ3v) is 4.41. The molecule has 0 saturated carbocycles. The highest BCUT2D eigenvalue weighted by Gasteiger charge is 2.32. The molecule has 124 valence electrons. The van der Waals surface area contributed by atoms with E-state index in [4.69, 9.17) is 5.11 Å². The lowest BCUT2D eigenvalue weighted by molar-refractivity contribution is -0.143. The van der Waals surface area contributed by atoms with Gasteiger partial charge in [-0.1, -0.05) is 0 Å². The normalized spacial score (nSPS) is 24.0. The van der Waals surface area contributed by atoms with Crippen molar-refractivity contribution in [1.29, 1.82) is 0 Å². The lowest BCUT2D eigenvalue weighted by atomic mass is 10.1. The van der Waals surface area contributed by atoms with E-state index in [1.807, 2.05) is 0 Å². The number of aliphatic carboxylic acids is 1. The predicted molar refractivity (Wildman–Crippen MR) is 80.3 cm³/mol. The third kappa shape index (κ3) is 4.19. The van der Waals surface area contributed by atoms with Crippen LogP contribution in [0.3, 0.4) is 0 Å². The number of likely N-dealkylation sites (tertiary alicyclic amines) is 2. The van der Waals surface area contributed by atoms with Gasteiger partial charge >= 0.3 is 5.97 Å². The summed E-state index contributed by atoms with van der Waals surface area (Å²) in [6.45, 7) is 3.85. The van der Waals surface area contributed by atoms with Crippen molar-refractivity contribution in [2.45, 2.75) is 51.1 Å². The van der Waals surface area contributed by atoms with Gasteiger partial charge in [-0.2, -0.15) is 0 Å². The fourth-order valence-corrected chi connectivity index (χ4v) is 3.22. The van der Waals surface area contributed by atoms with Crippen molar-refractivity contribution in [3.63, 3.8) is 0 Å². The topological polar surface area (TPSA) is 90.0 Å². The summed E-state index contributed by atoms with van der Waals surface area (Å²) in [6.07, 6.45) is 4.54. The second-order valence-corrected chi connectivity index (χ2v) is 6.14. The van der Waals surface area contributed by atoms with Gasteiger partial charge in [0.05, 0.1) is 6.54 Å². The molecule has 2 atom stereocenters. The van der Waals surface area contributed by atoms with Gasteiger partial charge in [-0.3, -0.25) is 19.3 Å². The molecule has 0 spiro atoms. The molecule has 0 aromatic carbocycles. The number of nitrogens with one attached hydrogen (secondary N) is 1. The van der Waals surface area contributed by atoms with Gasteiger partial charge in [-0.15, -0.1) is 0 Å². The largest absolute Gasteiger partial charge is 0.480 e. The molecule has 2 amide bonds. The zero-order chi connectivity index (χ0) is 16.1. The van der Waals surface area contributed by atoms with Crippen LogP contribution in [0.1, 0.15) is 39.0 Å². The van der Waals surface area contributed by atoms with Crippen LogP contribution in [0.4, 0.5) is 0 Å². The summed E-state index contributed by atoms with van der Waals surface area (Å²) >= 11 is 0. The Morgan fingerprint density at radius 2 is 1.82 bits per heavy atom. The molecule has 0 aromatic rings. The Morgan fingerprint density at radius 3 is 2.45 bits per heavy atom. The maximum atomic E-state index is 12.2. The van der Waals surface area contributed by atoms with E-state index >= 15 is 0 Å². The summed E-state index contributed by atoms with van der Waals surface area (Å²) in [5.74, 6) is -1.22. The third-order valence-electron chi connectivity index (χ3n) is 4.41. The molecule has 0 radical (unpaired) electrons. The van der Waals surface area contributed by atoms with Gasteiger partial charge in [0.25, 0.3) is 0 Å². The quantitative estimate of drug-likeness (QED) is 0.749. The molecule has 2 unspecified atom stereocenters. The van der Waals surface area contributed by atoms with Gasteiger partial charge < -0.3 is 15.3 Å². The highest BCUT2D eigenvalue weighted by atomic mass is 16.4. The Hall–Kier alpha value is -1.63. The van der Waals surface area contributed by atoms with Gasteiger partial charge in [-0.25, -0.2) is 0 Å². The van der Waals surface area contributed by atoms with E-state index in [2.05, 4.69) is 5.32 Å². The molecule has 0 aliphatic carbocycles. The Morgan fingerprint density at radius 1 is 1.14 bits per heavy atom. The van der Waals surface area contributed by atoms with Gasteiger partial charge in [0.2, 0.25) is 11.8 Å². The molecule has 22 heavy (non-hydrogen) atoms. The van der Waals surface area contributed by atoms with E-state index in [0.717, 1.165) is 38.8 Å². The van der Waals surface area contributed by atoms with Crippen molar-refractivity contribution in [1.82, 2.24) is 15.1 Å². The number of carboxylic acid groups (broad SMARTS) is 1. The fourth-order valence-electron chi connectivity index (χ4n) is 3.22. The number of amides is 2. The second kappa shape index (κ2) is 7.58. The second-order valence-electron chi connectivity index (χ2n) is 6.14. The fraction of sp³-hybridized carbons (Fsp3) is 0.800. The maximum absolute atomic E-state index is 12.2. The number of carbonyl (C=O) groups excluding carboxylic acids is 2. The molecular formula is C15H25N3O4. The first-order valence-electron chi connectivity index (χ1n) is 8.04. The minimum atomic E-state index is -0.886. The van der Waals surface area contributed by atoms with Gasteiger partial charge in [-0.05, 0) is 45.6 Å². The standard InChI is InChI=1S/C15H25N3O4/c1-11(14(20)17-7-3-2-4-8-17)16-13(19)10-18-9-5-6-12(18)15(21)22/h11-12H,2-10H2,1H3,(H,16,19)(H,21,22). The lowest BCUT2D eigenvalue weighted by Gasteiger charge is -2.29. The Bertz CT molecular complexity index is 435. The van der Waals surface area contributed by atoms with Crippen molar-refractivity contribution < 1.29 is 19.5 Å². The highest BCUT2D eigenvalue weighted by Crippen LogP contribution is 2.16. The van der Waals surface area contributed by atoms with Crippen molar-refractivity contribution in [2.75, 3.05) is 26.2 Å². The molecule has 2 fully saturated rings. The molecule has 7 heteroatoms. The number of hydrogen-bond donors (Lipinski definition) is 2. The van der Waals surface area contributed by atoms with E-state index in [9.17, 15) is 14.4 Å². The minimum absolute atomic E-state index is 0.0363. The molecule has 2 saturated heterocycles. The summed E-state index contributed by atoms with van der Waals surface area (Å²) in [5.41, 5.74) is 0. The Labute approximate surface area is 130 Å². The van der Waals surface area contributed by atoms with Crippen LogP contribution in [0.15, 0.2) is 0 Å². The summed E-state index contributed by atoms with van der Waals surface area (Å²) in [6, 6.07) is -1.14. The van der Waals surface area contributed by atoms with Crippen molar-refractivity contribution in [2.24, 2.45) is 0 Å². The monoisotopic (exact) mass is 311 g/mol. The van der Waals surface area contributed by atoms with Gasteiger partial charge in [0.1, 0.15) is 12.1 Å². The van der Waals surface area contributed by atoms with Gasteiger partial charge in [0.15, 0.2) is 0 Å². The van der Waals surface area contributed by atoms with Crippen LogP contribution in [0, 0.1) is 0 Å². The van der Waals surface area contributed by atoms with E-state index in [1.165, 1.54) is 0 Å². The average molecular weight is 311 g/mol. The summed E-state index contributed by atoms with van der Waals surface area (Å²) in [5, 5.41) is 11.8. The number of carboxylic acids is 1. The molecule has 2 heterocycles. The number of carbonyl (C=O) groups is 3. The SMILES string of the molecule is CC(NC(=O)CN1CCCC1C(=O)O)C(=O)N1CCCCC1. The first-order chi connectivity index (χ1) is 10.5. The average Bonchev–Trinajstić information content (AvgIpc) is 2.95. The minimum Gasteiger partial charge on any atom is -0.480 e. The first-order valence-corrected chi connectivity index (χ1v) is 8.04. The van der Waals surface area contributed by atoms with Crippen LogP contribution in [0.5, 0.6) is 0 Å². The Balaban J connectivity index is 1.80. The van der Waals surface area contributed by atoms with Crippen LogP contribution in [0.25, 0.3) is 0 Å². The zero-order valence-corrected chi connectivity index (χ0v) is 13.1. The number of nitrogens with zero attached hydrogens (tertiary/aromatic N) is 2. The molecule has 0 aromatic heterocycles. The lowest BCUT2D eigenvalue weighted by Crippen LogP contribution is -2.51. The maximum Gasteiger partial charge on any atom is 0.320 e. The Kier molecular flexibility index (Phi) is 5.76. The van der Waals surface area contributed by atoms with Crippen LogP contribution in [0.2, 0.25) is 0 Å². The summed E-state index contributed by atoms with van der Waals surface area (Å²) < 4.78 is 0. The van der Waals surface area contributed by atoms with Crippen molar-refractivity contribution in [3.05, 3.63) is 0 Å². The zero-order valence-electron chi connectivity index (χ0n) is 13.1. The van der Waals surface area contributed by atoms with Gasteiger partial charge in [0, 0.05) is 13.1 Å². The van der Waals surface area contributed by atoms with Crippen LogP contribution < -0.4 is 5.32 Å². The predicted octanol–water partition coefficient (Wildman–Crippen LogP) is 0.0526. The van der Waals surface area contributed by atoms with Crippen LogP contribution in [-0.2, 0) is 14.4 Å². The smallest absolute Gasteiger partial charge is 0.320 e. The van der Waals surface area contributed by atoms with Crippen LogP contribution >= 0.6 is 0 Å². The van der Waals surface area contributed by atoms with E-state index in [-0.39, 0.29) is 18.4 Å². The van der Waals surface area contributed by atoms with Crippen molar-refractivity contribution >= 4 is 17.8 Å². The summed E-state index contributed by atoms with van der Waals surface area (Å²) in [7, 11) is 0. The molecular weight excluding hydrogens is 286 g/mol. The molecule has 2 N–H and O–H groups in total. The van der Waals surface area contributed by atoms with Crippen molar-refractivity contribution in [3.8, 4) is 0 Å². The first kappa shape index (κ1) is 16.7. The molecule has 0 bridgehead atoms. The van der Waals surface area contributed by atoms with E-state index in [0.29, 0.717) is 13.0 Å². The molecule has 2 rings (SSSR count). The van der Waals surface area contributed by atoms with Crippen LogP contribution in [-0.4, -0.2) is 71.0 Å².